The fourth-order valence-electron chi connectivity index (χ4n) is 2.81. The highest BCUT2D eigenvalue weighted by Crippen LogP contribution is 2.27. The first kappa shape index (κ1) is 21.3. The topological polar surface area (TPSA) is 94.5 Å². The Labute approximate surface area is 165 Å². The van der Waals surface area contributed by atoms with E-state index >= 15 is 0 Å². The minimum Gasteiger partial charge on any atom is -0.493 e. The van der Waals surface area contributed by atoms with Crippen molar-refractivity contribution in [2.45, 2.75) is 27.3 Å². The second-order valence-electron chi connectivity index (χ2n) is 6.77. The number of hydrogen-bond acceptors (Lipinski definition) is 5. The first-order valence-corrected chi connectivity index (χ1v) is 9.12. The van der Waals surface area contributed by atoms with Gasteiger partial charge in [-0.25, -0.2) is 0 Å². The Kier molecular flexibility index (Phi) is 7.43. The lowest BCUT2D eigenvalue weighted by Gasteiger charge is -2.14. The van der Waals surface area contributed by atoms with E-state index in [0.29, 0.717) is 23.6 Å². The number of nitrogens with zero attached hydrogens (tertiary/aromatic N) is 2. The van der Waals surface area contributed by atoms with E-state index in [1.165, 1.54) is 14.2 Å². The molecule has 1 aromatic heterocycles. The molecule has 0 spiro atoms. The number of carbonyl (C=O) groups is 2. The summed E-state index contributed by atoms with van der Waals surface area (Å²) >= 11 is 0. The first-order chi connectivity index (χ1) is 13.3. The summed E-state index contributed by atoms with van der Waals surface area (Å²) in [5, 5.41) is 9.87. The number of amides is 2. The Balaban J connectivity index is 1.78. The summed E-state index contributed by atoms with van der Waals surface area (Å²) in [5.41, 5.74) is 2.47. The summed E-state index contributed by atoms with van der Waals surface area (Å²) in [4.78, 5) is 24.3. The van der Waals surface area contributed by atoms with Crippen LogP contribution in [0, 0.1) is 19.8 Å². The van der Waals surface area contributed by atoms with Gasteiger partial charge in [-0.15, -0.1) is 0 Å². The van der Waals surface area contributed by atoms with Crippen LogP contribution in [0.2, 0.25) is 0 Å². The lowest BCUT2D eigenvalue weighted by atomic mass is 10.2. The standard InChI is InChI=1S/C20H28N4O4/c1-13(12-24-15(3)8-14(2)23-24)10-21-19(25)11-22-20(26)16-6-7-17(27-4)18(9-16)28-5/h6-9,13H,10-12H2,1-5H3,(H,21,25)(H,22,26). The third kappa shape index (κ3) is 5.73. The molecule has 0 saturated carbocycles. The summed E-state index contributed by atoms with van der Waals surface area (Å²) < 4.78 is 12.3. The molecule has 2 rings (SSSR count). The van der Waals surface area contributed by atoms with Crippen LogP contribution < -0.4 is 20.1 Å². The van der Waals surface area contributed by atoms with Crippen LogP contribution in [0.3, 0.4) is 0 Å². The van der Waals surface area contributed by atoms with Crippen molar-refractivity contribution in [1.82, 2.24) is 20.4 Å². The highest BCUT2D eigenvalue weighted by Gasteiger charge is 2.13. The lowest BCUT2D eigenvalue weighted by Crippen LogP contribution is -2.39. The Morgan fingerprint density at radius 1 is 1.11 bits per heavy atom. The summed E-state index contributed by atoms with van der Waals surface area (Å²) in [7, 11) is 3.03. The molecule has 0 aliphatic heterocycles. The lowest BCUT2D eigenvalue weighted by molar-refractivity contribution is -0.120. The van der Waals surface area contributed by atoms with Crippen molar-refractivity contribution in [3.63, 3.8) is 0 Å². The van der Waals surface area contributed by atoms with Gasteiger partial charge in [0.05, 0.1) is 26.5 Å². The quantitative estimate of drug-likeness (QED) is 0.682. The van der Waals surface area contributed by atoms with E-state index in [-0.39, 0.29) is 24.3 Å². The number of rotatable bonds is 9. The molecule has 1 unspecified atom stereocenters. The molecule has 1 heterocycles. The number of ether oxygens (including phenoxy) is 2. The molecule has 1 aromatic carbocycles. The average Bonchev–Trinajstić information content (AvgIpc) is 3.00. The van der Waals surface area contributed by atoms with E-state index in [2.05, 4.69) is 15.7 Å². The van der Waals surface area contributed by atoms with Crippen LogP contribution in [-0.4, -0.2) is 48.9 Å². The number of nitrogens with one attached hydrogen (secondary N) is 2. The largest absolute Gasteiger partial charge is 0.493 e. The zero-order valence-corrected chi connectivity index (χ0v) is 17.0. The number of carbonyl (C=O) groups excluding carboxylic acids is 2. The predicted octanol–water partition coefficient (Wildman–Crippen LogP) is 1.70. The van der Waals surface area contributed by atoms with Crippen LogP contribution in [0.4, 0.5) is 0 Å². The van der Waals surface area contributed by atoms with Gasteiger partial charge < -0.3 is 20.1 Å². The van der Waals surface area contributed by atoms with E-state index in [1.807, 2.05) is 31.5 Å². The third-order valence-electron chi connectivity index (χ3n) is 4.29. The molecular weight excluding hydrogens is 360 g/mol. The van der Waals surface area contributed by atoms with Crippen molar-refractivity contribution < 1.29 is 19.1 Å². The molecular formula is C20H28N4O4. The number of aromatic nitrogens is 2. The van der Waals surface area contributed by atoms with Crippen LogP contribution in [0.25, 0.3) is 0 Å². The van der Waals surface area contributed by atoms with E-state index in [0.717, 1.165) is 17.9 Å². The second-order valence-corrected chi connectivity index (χ2v) is 6.77. The maximum atomic E-state index is 12.2. The second kappa shape index (κ2) is 9.77. The van der Waals surface area contributed by atoms with Crippen LogP contribution in [0.1, 0.15) is 28.7 Å². The Bertz CT molecular complexity index is 832. The first-order valence-electron chi connectivity index (χ1n) is 9.12. The van der Waals surface area contributed by atoms with Crippen molar-refractivity contribution in [1.29, 1.82) is 0 Å². The molecule has 0 aliphatic carbocycles. The van der Waals surface area contributed by atoms with Crippen LogP contribution in [-0.2, 0) is 11.3 Å². The van der Waals surface area contributed by atoms with Crippen molar-refractivity contribution in [3.05, 3.63) is 41.2 Å². The normalized spacial score (nSPS) is 11.6. The highest BCUT2D eigenvalue weighted by molar-refractivity contribution is 5.97. The molecule has 152 valence electrons. The van der Waals surface area contributed by atoms with E-state index in [9.17, 15) is 9.59 Å². The molecule has 2 aromatic rings. The van der Waals surface area contributed by atoms with Crippen LogP contribution in [0.15, 0.2) is 24.3 Å². The number of hydrogen-bond donors (Lipinski definition) is 2. The number of methoxy groups -OCH3 is 2. The smallest absolute Gasteiger partial charge is 0.251 e. The third-order valence-corrected chi connectivity index (χ3v) is 4.29. The number of aryl methyl sites for hydroxylation is 2. The molecule has 8 nitrogen and oxygen atoms in total. The van der Waals surface area contributed by atoms with E-state index in [4.69, 9.17) is 9.47 Å². The summed E-state index contributed by atoms with van der Waals surface area (Å²) in [6.45, 7) is 7.13. The molecule has 8 heteroatoms. The maximum absolute atomic E-state index is 12.2. The molecule has 0 saturated heterocycles. The van der Waals surface area contributed by atoms with E-state index < -0.39 is 0 Å². The minimum atomic E-state index is -0.355. The van der Waals surface area contributed by atoms with Gasteiger partial charge in [0.15, 0.2) is 11.5 Å². The van der Waals surface area contributed by atoms with E-state index in [1.54, 1.807) is 18.2 Å². The molecule has 2 amide bonds. The SMILES string of the molecule is COc1ccc(C(=O)NCC(=O)NCC(C)Cn2nc(C)cc2C)cc1OC. The van der Waals surface area contributed by atoms with Gasteiger partial charge in [-0.05, 0) is 44.0 Å². The van der Waals surface area contributed by atoms with Gasteiger partial charge in [0.2, 0.25) is 5.91 Å². The Hall–Kier alpha value is -3.03. The van der Waals surface area contributed by atoms with Gasteiger partial charge in [0, 0.05) is 24.3 Å². The summed E-state index contributed by atoms with van der Waals surface area (Å²) in [6.07, 6.45) is 0. The van der Waals surface area contributed by atoms with Crippen LogP contribution >= 0.6 is 0 Å². The fourth-order valence-corrected chi connectivity index (χ4v) is 2.81. The molecule has 28 heavy (non-hydrogen) atoms. The molecule has 2 N–H and O–H groups in total. The molecule has 0 radical (unpaired) electrons. The fraction of sp³-hybridized carbons (Fsp3) is 0.450. The Morgan fingerprint density at radius 3 is 2.43 bits per heavy atom. The van der Waals surface area contributed by atoms with Crippen molar-refractivity contribution in [2.75, 3.05) is 27.3 Å². The van der Waals surface area contributed by atoms with Gasteiger partial charge in [-0.2, -0.15) is 5.10 Å². The molecule has 0 bridgehead atoms. The van der Waals surface area contributed by atoms with Gasteiger partial charge in [-0.1, -0.05) is 6.92 Å². The van der Waals surface area contributed by atoms with Gasteiger partial charge in [0.1, 0.15) is 0 Å². The Morgan fingerprint density at radius 2 is 1.82 bits per heavy atom. The van der Waals surface area contributed by atoms with Crippen molar-refractivity contribution in [3.8, 4) is 11.5 Å². The van der Waals surface area contributed by atoms with Crippen molar-refractivity contribution >= 4 is 11.8 Å². The average molecular weight is 388 g/mol. The predicted molar refractivity (Wildman–Crippen MR) is 106 cm³/mol. The molecule has 1 atom stereocenters. The van der Waals surface area contributed by atoms with Gasteiger partial charge >= 0.3 is 0 Å². The summed E-state index contributed by atoms with van der Waals surface area (Å²) in [6, 6.07) is 6.86. The zero-order valence-electron chi connectivity index (χ0n) is 17.0. The van der Waals surface area contributed by atoms with Crippen LogP contribution in [0.5, 0.6) is 11.5 Å². The van der Waals surface area contributed by atoms with Crippen molar-refractivity contribution in [2.24, 2.45) is 5.92 Å². The zero-order chi connectivity index (χ0) is 20.7. The highest BCUT2D eigenvalue weighted by atomic mass is 16.5. The molecule has 0 aliphatic rings. The minimum absolute atomic E-state index is 0.0974. The maximum Gasteiger partial charge on any atom is 0.251 e. The van der Waals surface area contributed by atoms with Gasteiger partial charge in [-0.3, -0.25) is 14.3 Å². The number of benzene rings is 1. The molecule has 0 fully saturated rings. The van der Waals surface area contributed by atoms with Gasteiger partial charge in [0.25, 0.3) is 5.91 Å². The summed E-state index contributed by atoms with van der Waals surface area (Å²) in [5.74, 6) is 0.607. The monoisotopic (exact) mass is 388 g/mol.